The summed E-state index contributed by atoms with van der Waals surface area (Å²) in [6.45, 7) is 7.29. The zero-order valence-corrected chi connectivity index (χ0v) is 12.5. The van der Waals surface area contributed by atoms with E-state index in [1.54, 1.807) is 7.11 Å². The van der Waals surface area contributed by atoms with Crippen molar-refractivity contribution >= 4 is 6.08 Å². The van der Waals surface area contributed by atoms with Crippen LogP contribution >= 0.6 is 0 Å². The molecule has 0 bridgehead atoms. The summed E-state index contributed by atoms with van der Waals surface area (Å²) in [4.78, 5) is 0. The van der Waals surface area contributed by atoms with Crippen LogP contribution in [0.25, 0.3) is 6.08 Å². The molecule has 0 aliphatic heterocycles. The van der Waals surface area contributed by atoms with E-state index in [9.17, 15) is 0 Å². The maximum atomic E-state index is 5.43. The Morgan fingerprint density at radius 1 is 1.16 bits per heavy atom. The van der Waals surface area contributed by atoms with Gasteiger partial charge in [-0.3, -0.25) is 0 Å². The van der Waals surface area contributed by atoms with Gasteiger partial charge in [0.1, 0.15) is 5.75 Å². The molecule has 0 unspecified atom stereocenters. The van der Waals surface area contributed by atoms with Crippen LogP contribution in [0, 0.1) is 11.3 Å². The van der Waals surface area contributed by atoms with Gasteiger partial charge >= 0.3 is 0 Å². The molecule has 102 valence electrons. The molecule has 0 aromatic heterocycles. The molecule has 0 spiro atoms. The van der Waals surface area contributed by atoms with Gasteiger partial charge in [0.05, 0.1) is 7.11 Å². The fourth-order valence-electron chi connectivity index (χ4n) is 4.36. The Bertz CT molecular complexity index is 526. The Morgan fingerprint density at radius 3 is 2.68 bits per heavy atom. The van der Waals surface area contributed by atoms with Crippen LogP contribution in [0.2, 0.25) is 0 Å². The normalized spacial score (nSPS) is 31.5. The Labute approximate surface area is 116 Å². The molecule has 0 N–H and O–H groups in total. The second-order valence-electron chi connectivity index (χ2n) is 7.05. The van der Waals surface area contributed by atoms with E-state index in [1.807, 2.05) is 0 Å². The molecule has 2 aliphatic rings. The highest BCUT2D eigenvalue weighted by Crippen LogP contribution is 2.56. The van der Waals surface area contributed by atoms with Gasteiger partial charge in [0.25, 0.3) is 0 Å². The summed E-state index contributed by atoms with van der Waals surface area (Å²) < 4.78 is 5.43. The lowest BCUT2D eigenvalue weighted by Crippen LogP contribution is -2.45. The van der Waals surface area contributed by atoms with Crippen molar-refractivity contribution < 1.29 is 4.74 Å². The van der Waals surface area contributed by atoms with E-state index < -0.39 is 0 Å². The molecule has 2 aliphatic carbocycles. The van der Waals surface area contributed by atoms with Crippen molar-refractivity contribution in [3.05, 3.63) is 35.4 Å². The summed E-state index contributed by atoms with van der Waals surface area (Å²) in [5, 5.41) is 0. The zero-order valence-electron chi connectivity index (χ0n) is 12.5. The quantitative estimate of drug-likeness (QED) is 0.701. The van der Waals surface area contributed by atoms with Crippen LogP contribution in [0.4, 0.5) is 0 Å². The molecule has 3 rings (SSSR count). The first-order valence-corrected chi connectivity index (χ1v) is 7.34. The number of hydrogen-bond donors (Lipinski definition) is 0. The second kappa shape index (κ2) is 4.13. The molecule has 0 amide bonds. The van der Waals surface area contributed by atoms with Crippen LogP contribution in [-0.2, 0) is 5.41 Å². The monoisotopic (exact) mass is 256 g/mol. The van der Waals surface area contributed by atoms with E-state index in [0.717, 1.165) is 5.75 Å². The summed E-state index contributed by atoms with van der Waals surface area (Å²) in [6.07, 6.45) is 8.70. The average molecular weight is 256 g/mol. The topological polar surface area (TPSA) is 9.23 Å². The summed E-state index contributed by atoms with van der Waals surface area (Å²) in [5.74, 6) is 1.62. The minimum atomic E-state index is 0.264. The first-order valence-electron chi connectivity index (χ1n) is 7.34. The number of ether oxygens (including phenoxy) is 1. The predicted molar refractivity (Wildman–Crippen MR) is 80.5 cm³/mol. The number of benzene rings is 1. The maximum Gasteiger partial charge on any atom is 0.119 e. The molecular formula is C18H24O. The van der Waals surface area contributed by atoms with E-state index in [1.165, 1.54) is 30.4 Å². The molecular weight excluding hydrogens is 232 g/mol. The van der Waals surface area contributed by atoms with Gasteiger partial charge in [-0.1, -0.05) is 45.4 Å². The molecule has 1 aromatic rings. The van der Waals surface area contributed by atoms with Gasteiger partial charge in [-0.15, -0.1) is 0 Å². The largest absolute Gasteiger partial charge is 0.497 e. The molecule has 1 aromatic carbocycles. The van der Waals surface area contributed by atoms with Gasteiger partial charge in [-0.05, 0) is 52.8 Å². The summed E-state index contributed by atoms with van der Waals surface area (Å²) in [7, 11) is 1.75. The standard InChI is InChI=1S/C18H24O/c1-17(2)10-5-11-18(3)15-12-14(19-4)8-6-13(15)7-9-16(17)18/h6-9,12,16H,5,10-11H2,1-4H3/t16-,18+/m0/s1. The summed E-state index contributed by atoms with van der Waals surface area (Å²) >= 11 is 0. The van der Waals surface area contributed by atoms with Crippen LogP contribution in [0.1, 0.15) is 51.2 Å². The van der Waals surface area contributed by atoms with Crippen molar-refractivity contribution in [1.29, 1.82) is 0 Å². The molecule has 1 saturated carbocycles. The molecule has 0 heterocycles. The van der Waals surface area contributed by atoms with E-state index in [-0.39, 0.29) is 5.41 Å². The third-order valence-corrected chi connectivity index (χ3v) is 5.39. The van der Waals surface area contributed by atoms with Crippen molar-refractivity contribution in [2.45, 2.75) is 45.4 Å². The number of rotatable bonds is 1. The first-order chi connectivity index (χ1) is 8.97. The smallest absolute Gasteiger partial charge is 0.119 e. The number of allylic oxidation sites excluding steroid dienone is 1. The van der Waals surface area contributed by atoms with Crippen LogP contribution in [-0.4, -0.2) is 7.11 Å². The highest BCUT2D eigenvalue weighted by Gasteiger charge is 2.48. The summed E-state index contributed by atoms with van der Waals surface area (Å²) in [6, 6.07) is 6.53. The molecule has 0 saturated heterocycles. The van der Waals surface area contributed by atoms with Crippen molar-refractivity contribution in [1.82, 2.24) is 0 Å². The third kappa shape index (κ3) is 1.82. The summed E-state index contributed by atoms with van der Waals surface area (Å²) in [5.41, 5.74) is 3.51. The minimum Gasteiger partial charge on any atom is -0.497 e. The molecule has 1 heteroatoms. The highest BCUT2D eigenvalue weighted by molar-refractivity contribution is 5.62. The van der Waals surface area contributed by atoms with Crippen LogP contribution in [0.3, 0.4) is 0 Å². The average Bonchev–Trinajstić information content (AvgIpc) is 2.37. The minimum absolute atomic E-state index is 0.264. The Balaban J connectivity index is 2.15. The molecule has 1 fully saturated rings. The molecule has 2 atom stereocenters. The van der Waals surface area contributed by atoms with Gasteiger partial charge in [0.15, 0.2) is 0 Å². The van der Waals surface area contributed by atoms with Gasteiger partial charge in [0, 0.05) is 0 Å². The fourth-order valence-corrected chi connectivity index (χ4v) is 4.36. The maximum absolute atomic E-state index is 5.43. The Kier molecular flexibility index (Phi) is 2.78. The SMILES string of the molecule is COc1ccc2c(c1)[C@@]1(C)CCCC(C)(C)[C@@H]1C=C2. The highest BCUT2D eigenvalue weighted by atomic mass is 16.5. The number of hydrogen-bond acceptors (Lipinski definition) is 1. The number of methoxy groups -OCH3 is 1. The van der Waals surface area contributed by atoms with Crippen molar-refractivity contribution in [2.75, 3.05) is 7.11 Å². The lowest BCUT2D eigenvalue weighted by molar-refractivity contribution is 0.0908. The van der Waals surface area contributed by atoms with E-state index in [4.69, 9.17) is 4.74 Å². The number of fused-ring (bicyclic) bond motifs is 3. The second-order valence-corrected chi connectivity index (χ2v) is 7.05. The first kappa shape index (κ1) is 12.8. The van der Waals surface area contributed by atoms with Crippen LogP contribution in [0.15, 0.2) is 24.3 Å². The lowest BCUT2D eigenvalue weighted by Gasteiger charge is -2.52. The van der Waals surface area contributed by atoms with Crippen molar-refractivity contribution in [2.24, 2.45) is 11.3 Å². The van der Waals surface area contributed by atoms with Gasteiger partial charge < -0.3 is 4.74 Å². The van der Waals surface area contributed by atoms with Crippen molar-refractivity contribution in [3.63, 3.8) is 0 Å². The molecule has 19 heavy (non-hydrogen) atoms. The van der Waals surface area contributed by atoms with E-state index >= 15 is 0 Å². The van der Waals surface area contributed by atoms with Crippen molar-refractivity contribution in [3.8, 4) is 5.75 Å². The fraction of sp³-hybridized carbons (Fsp3) is 0.556. The van der Waals surface area contributed by atoms with Crippen LogP contribution in [0.5, 0.6) is 5.75 Å². The lowest BCUT2D eigenvalue weighted by atomic mass is 9.52. The third-order valence-electron chi connectivity index (χ3n) is 5.39. The van der Waals surface area contributed by atoms with Gasteiger partial charge in [-0.25, -0.2) is 0 Å². The van der Waals surface area contributed by atoms with E-state index in [0.29, 0.717) is 11.3 Å². The molecule has 0 radical (unpaired) electrons. The van der Waals surface area contributed by atoms with Gasteiger partial charge in [-0.2, -0.15) is 0 Å². The molecule has 1 nitrogen and oxygen atoms in total. The zero-order chi connectivity index (χ0) is 13.7. The van der Waals surface area contributed by atoms with Gasteiger partial charge in [0.2, 0.25) is 0 Å². The predicted octanol–water partition coefficient (Wildman–Crippen LogP) is 4.81. The van der Waals surface area contributed by atoms with Crippen LogP contribution < -0.4 is 4.74 Å². The van der Waals surface area contributed by atoms with E-state index in [2.05, 4.69) is 51.1 Å². The Morgan fingerprint density at radius 2 is 1.95 bits per heavy atom. The Hall–Kier alpha value is -1.24.